The third-order valence-corrected chi connectivity index (χ3v) is 9.09. The summed E-state index contributed by atoms with van der Waals surface area (Å²) in [7, 11) is 0. The molecule has 2 aliphatic rings. The Morgan fingerprint density at radius 3 is 2.38 bits per heavy atom. The molecule has 42 heavy (non-hydrogen) atoms. The second-order valence-corrected chi connectivity index (χ2v) is 11.9. The van der Waals surface area contributed by atoms with Crippen LogP contribution in [0.1, 0.15) is 48.3 Å². The third-order valence-electron chi connectivity index (χ3n) is 7.85. The lowest BCUT2D eigenvalue weighted by atomic mass is 9.96. The second kappa shape index (κ2) is 14.2. The molecular weight excluding hydrogens is 570 g/mol. The number of aryl methyl sites for hydroxylation is 1. The van der Waals surface area contributed by atoms with Gasteiger partial charge in [-0.25, -0.2) is 9.97 Å². The Morgan fingerprint density at radius 1 is 0.929 bits per heavy atom. The van der Waals surface area contributed by atoms with E-state index < -0.39 is 0 Å². The minimum Gasteiger partial charge on any atom is -0.466 e. The molecule has 2 saturated heterocycles. The normalized spacial score (nSPS) is 16.0. The van der Waals surface area contributed by atoms with E-state index in [2.05, 4.69) is 28.9 Å². The maximum Gasteiger partial charge on any atom is 0.309 e. The summed E-state index contributed by atoms with van der Waals surface area (Å²) >= 11 is 8.02. The molecule has 0 saturated carbocycles. The number of likely N-dealkylation sites (tertiary alicyclic amines) is 1. The van der Waals surface area contributed by atoms with Crippen LogP contribution in [0.25, 0.3) is 0 Å². The first-order valence-corrected chi connectivity index (χ1v) is 16.1. The van der Waals surface area contributed by atoms with Gasteiger partial charge in [-0.1, -0.05) is 54.6 Å². The fraction of sp³-hybridized carbons (Fsp3) is 0.438. The summed E-state index contributed by atoms with van der Waals surface area (Å²) < 4.78 is 5.16. The highest BCUT2D eigenvalue weighted by Crippen LogP contribution is 2.29. The quantitative estimate of drug-likeness (QED) is 0.173. The number of piperidine rings is 1. The number of halogens is 1. The van der Waals surface area contributed by atoms with Gasteiger partial charge in [0.2, 0.25) is 0 Å². The number of carbonyl (C=O) groups is 2. The summed E-state index contributed by atoms with van der Waals surface area (Å²) in [5.41, 5.74) is 3.82. The van der Waals surface area contributed by atoms with E-state index >= 15 is 0 Å². The number of hydrogen-bond acceptors (Lipinski definition) is 8. The molecule has 2 fully saturated rings. The lowest BCUT2D eigenvalue weighted by Crippen LogP contribution is -2.47. The Morgan fingerprint density at radius 2 is 1.67 bits per heavy atom. The summed E-state index contributed by atoms with van der Waals surface area (Å²) in [6.45, 7) is 8.91. The second-order valence-electron chi connectivity index (χ2n) is 10.6. The van der Waals surface area contributed by atoms with Crippen molar-refractivity contribution in [3.05, 3.63) is 76.4 Å². The maximum absolute atomic E-state index is 13.2. The molecule has 222 valence electrons. The van der Waals surface area contributed by atoms with Gasteiger partial charge < -0.3 is 19.4 Å². The highest BCUT2D eigenvalue weighted by molar-refractivity contribution is 7.98. The molecule has 2 aliphatic heterocycles. The number of aromatic nitrogens is 2. The monoisotopic (exact) mass is 607 g/mol. The molecule has 8 nitrogen and oxygen atoms in total. The van der Waals surface area contributed by atoms with Gasteiger partial charge in [-0.15, -0.1) is 0 Å². The molecule has 0 N–H and O–H groups in total. The summed E-state index contributed by atoms with van der Waals surface area (Å²) in [5, 5.41) is 1.53. The Balaban J connectivity index is 1.19. The molecular formula is C32H38ClN5O3S. The summed E-state index contributed by atoms with van der Waals surface area (Å²) in [5.74, 6) is 1.36. The lowest BCUT2D eigenvalue weighted by Gasteiger charge is -2.37. The number of carbonyl (C=O) groups excluding carboxylic acids is 2. The van der Waals surface area contributed by atoms with Gasteiger partial charge in [0.1, 0.15) is 5.82 Å². The topological polar surface area (TPSA) is 78.9 Å². The standard InChI is InChI=1S/C32H38ClN5O3S/c1-3-26-21-29(37-18-16-36(17-19-37)28-11-6-5-10-27(28)33)35-32(34-26)42-22-23-8-7-9-25(20-23)30(39)38-14-12-24(13-15-38)31(40)41-4-2/h5-11,20-21,24H,3-4,12-19,22H2,1-2H3. The van der Waals surface area contributed by atoms with Crippen LogP contribution in [0.3, 0.4) is 0 Å². The van der Waals surface area contributed by atoms with Crippen molar-refractivity contribution in [1.82, 2.24) is 14.9 Å². The highest BCUT2D eigenvalue weighted by atomic mass is 35.5. The summed E-state index contributed by atoms with van der Waals surface area (Å²) in [6.07, 6.45) is 2.12. The maximum atomic E-state index is 13.2. The molecule has 10 heteroatoms. The Hall–Kier alpha value is -3.30. The van der Waals surface area contributed by atoms with Gasteiger partial charge in [0, 0.05) is 62.3 Å². The van der Waals surface area contributed by atoms with E-state index in [0.717, 1.165) is 65.5 Å². The molecule has 0 spiro atoms. The molecule has 1 aromatic heterocycles. The third kappa shape index (κ3) is 7.36. The van der Waals surface area contributed by atoms with Gasteiger partial charge in [0.15, 0.2) is 5.16 Å². The molecule has 1 amide bonds. The average Bonchev–Trinajstić information content (AvgIpc) is 3.04. The SMILES string of the molecule is CCOC(=O)C1CCN(C(=O)c2cccc(CSc3nc(CC)cc(N4CCN(c5ccccc5Cl)CC4)n3)c2)CC1. The largest absolute Gasteiger partial charge is 0.466 e. The smallest absolute Gasteiger partial charge is 0.309 e. The number of benzene rings is 2. The number of nitrogens with zero attached hydrogens (tertiary/aromatic N) is 5. The van der Waals surface area contributed by atoms with Crippen LogP contribution in [0.5, 0.6) is 0 Å². The fourth-order valence-corrected chi connectivity index (χ4v) is 6.53. The van der Waals surface area contributed by atoms with Crippen LogP contribution >= 0.6 is 23.4 Å². The predicted molar refractivity (Wildman–Crippen MR) is 169 cm³/mol. The van der Waals surface area contributed by atoms with Crippen molar-refractivity contribution in [2.24, 2.45) is 5.92 Å². The van der Waals surface area contributed by atoms with Crippen LogP contribution in [0.2, 0.25) is 5.02 Å². The number of piperazine rings is 1. The van der Waals surface area contributed by atoms with Crippen molar-refractivity contribution < 1.29 is 14.3 Å². The molecule has 0 unspecified atom stereocenters. The van der Waals surface area contributed by atoms with Crippen LogP contribution in [0.15, 0.2) is 59.8 Å². The lowest BCUT2D eigenvalue weighted by molar-refractivity contribution is -0.149. The number of hydrogen-bond donors (Lipinski definition) is 0. The Kier molecular flexibility index (Phi) is 10.2. The first-order valence-electron chi connectivity index (χ1n) is 14.7. The van der Waals surface area contributed by atoms with Crippen molar-refractivity contribution in [3.63, 3.8) is 0 Å². The van der Waals surface area contributed by atoms with Gasteiger partial charge in [0.05, 0.1) is 23.2 Å². The predicted octanol–water partition coefficient (Wildman–Crippen LogP) is 5.73. The highest BCUT2D eigenvalue weighted by Gasteiger charge is 2.29. The number of esters is 1. The van der Waals surface area contributed by atoms with E-state index in [4.69, 9.17) is 26.3 Å². The Labute approximate surface area is 257 Å². The van der Waals surface area contributed by atoms with E-state index in [1.807, 2.05) is 54.3 Å². The van der Waals surface area contributed by atoms with Crippen molar-refractivity contribution in [3.8, 4) is 0 Å². The first kappa shape index (κ1) is 30.2. The number of rotatable bonds is 9. The van der Waals surface area contributed by atoms with Crippen molar-refractivity contribution in [1.29, 1.82) is 0 Å². The molecule has 0 bridgehead atoms. The van der Waals surface area contributed by atoms with Crippen molar-refractivity contribution >= 4 is 46.7 Å². The molecule has 2 aromatic carbocycles. The van der Waals surface area contributed by atoms with E-state index in [1.165, 1.54) is 0 Å². The molecule has 5 rings (SSSR count). The van der Waals surface area contributed by atoms with Crippen LogP contribution in [-0.4, -0.2) is 72.6 Å². The summed E-state index contributed by atoms with van der Waals surface area (Å²) in [6, 6.07) is 17.9. The number of ether oxygens (including phenoxy) is 1. The summed E-state index contributed by atoms with van der Waals surface area (Å²) in [4.78, 5) is 41.5. The fourth-order valence-electron chi connectivity index (χ4n) is 5.45. The van der Waals surface area contributed by atoms with E-state index in [-0.39, 0.29) is 17.8 Å². The number of thioether (sulfide) groups is 1. The van der Waals surface area contributed by atoms with Gasteiger partial charge in [0.25, 0.3) is 5.91 Å². The van der Waals surface area contributed by atoms with E-state index in [0.29, 0.717) is 43.9 Å². The van der Waals surface area contributed by atoms with Gasteiger partial charge >= 0.3 is 5.97 Å². The van der Waals surface area contributed by atoms with Gasteiger partial charge in [-0.05, 0) is 56.0 Å². The van der Waals surface area contributed by atoms with Gasteiger partial charge in [-0.3, -0.25) is 9.59 Å². The zero-order valence-corrected chi connectivity index (χ0v) is 25.9. The van der Waals surface area contributed by atoms with Crippen LogP contribution < -0.4 is 9.80 Å². The van der Waals surface area contributed by atoms with Crippen LogP contribution in [0.4, 0.5) is 11.5 Å². The molecule has 0 aliphatic carbocycles. The molecule has 3 heterocycles. The van der Waals surface area contributed by atoms with E-state index in [9.17, 15) is 9.59 Å². The Bertz CT molecular complexity index is 1390. The van der Waals surface area contributed by atoms with Crippen LogP contribution in [-0.2, 0) is 21.7 Å². The van der Waals surface area contributed by atoms with Crippen LogP contribution in [0, 0.1) is 5.92 Å². The minimum absolute atomic E-state index is 0.00612. The molecule has 0 atom stereocenters. The minimum atomic E-state index is -0.152. The van der Waals surface area contributed by atoms with E-state index in [1.54, 1.807) is 11.8 Å². The number of anilines is 2. The van der Waals surface area contributed by atoms with Crippen molar-refractivity contribution in [2.45, 2.75) is 44.0 Å². The average molecular weight is 608 g/mol. The van der Waals surface area contributed by atoms with Gasteiger partial charge in [-0.2, -0.15) is 0 Å². The first-order chi connectivity index (χ1) is 20.4. The number of para-hydroxylation sites is 1. The molecule has 0 radical (unpaired) electrons. The zero-order valence-electron chi connectivity index (χ0n) is 24.3. The number of amides is 1. The zero-order chi connectivity index (χ0) is 29.5. The molecule has 3 aromatic rings. The van der Waals surface area contributed by atoms with Crippen molar-refractivity contribution in [2.75, 3.05) is 55.7 Å².